The molecule has 0 aliphatic carbocycles. The van der Waals surface area contributed by atoms with Crippen molar-refractivity contribution in [3.63, 3.8) is 0 Å². The Kier molecular flexibility index (Phi) is 4.31. The summed E-state index contributed by atoms with van der Waals surface area (Å²) in [4.78, 5) is 16.1. The summed E-state index contributed by atoms with van der Waals surface area (Å²) in [7, 11) is 1.62. The van der Waals surface area contributed by atoms with Gasteiger partial charge in [0, 0.05) is 30.9 Å². The standard InChI is InChI=1S/C13H17N5O2/c1-9-5-12(14)11(7-15-9)13(19)17-10-6-16-18(8-10)3-4-20-2/h5-8H,3-4H2,1-2H3,(H2,14,15)(H,17,19). The van der Waals surface area contributed by atoms with Gasteiger partial charge in [-0.2, -0.15) is 5.10 Å². The molecule has 0 aliphatic heterocycles. The zero-order chi connectivity index (χ0) is 14.5. The second kappa shape index (κ2) is 6.16. The Hall–Kier alpha value is -2.41. The number of amides is 1. The highest BCUT2D eigenvalue weighted by Crippen LogP contribution is 2.14. The number of aromatic nitrogens is 3. The Bertz CT molecular complexity index is 609. The molecule has 1 amide bonds. The number of hydrogen-bond donors (Lipinski definition) is 2. The summed E-state index contributed by atoms with van der Waals surface area (Å²) in [6.45, 7) is 3.00. The summed E-state index contributed by atoms with van der Waals surface area (Å²) in [6.07, 6.45) is 4.77. The number of ether oxygens (including phenoxy) is 1. The van der Waals surface area contributed by atoms with Crippen molar-refractivity contribution in [2.24, 2.45) is 0 Å². The lowest BCUT2D eigenvalue weighted by molar-refractivity contribution is 0.102. The summed E-state index contributed by atoms with van der Waals surface area (Å²) < 4.78 is 6.65. The topological polar surface area (TPSA) is 95.1 Å². The number of nitrogens with zero attached hydrogens (tertiary/aromatic N) is 3. The van der Waals surface area contributed by atoms with Crippen molar-refractivity contribution in [3.8, 4) is 0 Å². The number of rotatable bonds is 5. The second-order valence-corrected chi connectivity index (χ2v) is 4.35. The van der Waals surface area contributed by atoms with Crippen molar-refractivity contribution >= 4 is 17.3 Å². The van der Waals surface area contributed by atoms with Crippen molar-refractivity contribution < 1.29 is 9.53 Å². The van der Waals surface area contributed by atoms with Crippen LogP contribution in [0.1, 0.15) is 16.1 Å². The molecule has 0 radical (unpaired) electrons. The maximum Gasteiger partial charge on any atom is 0.259 e. The molecule has 3 N–H and O–H groups in total. The lowest BCUT2D eigenvalue weighted by atomic mass is 10.2. The number of aryl methyl sites for hydroxylation is 1. The van der Waals surface area contributed by atoms with E-state index >= 15 is 0 Å². The van der Waals surface area contributed by atoms with Gasteiger partial charge in [0.05, 0.1) is 30.6 Å². The van der Waals surface area contributed by atoms with E-state index in [-0.39, 0.29) is 5.91 Å². The van der Waals surface area contributed by atoms with Crippen molar-refractivity contribution in [3.05, 3.63) is 35.9 Å². The van der Waals surface area contributed by atoms with Gasteiger partial charge in [-0.25, -0.2) is 0 Å². The maximum atomic E-state index is 12.1. The third-order valence-electron chi connectivity index (χ3n) is 2.73. The quantitative estimate of drug-likeness (QED) is 0.851. The first-order valence-corrected chi connectivity index (χ1v) is 6.15. The van der Waals surface area contributed by atoms with E-state index in [0.29, 0.717) is 30.1 Å². The molecule has 2 rings (SSSR count). The summed E-state index contributed by atoms with van der Waals surface area (Å²) in [5.41, 5.74) is 7.93. The molecule has 0 spiro atoms. The highest BCUT2D eigenvalue weighted by molar-refractivity contribution is 6.07. The first-order valence-electron chi connectivity index (χ1n) is 6.15. The second-order valence-electron chi connectivity index (χ2n) is 4.35. The van der Waals surface area contributed by atoms with Crippen molar-refractivity contribution in [1.82, 2.24) is 14.8 Å². The van der Waals surface area contributed by atoms with Gasteiger partial charge in [-0.05, 0) is 13.0 Å². The molecule has 0 aliphatic rings. The Morgan fingerprint density at radius 3 is 3.00 bits per heavy atom. The van der Waals surface area contributed by atoms with Gasteiger partial charge < -0.3 is 15.8 Å². The molecule has 0 atom stereocenters. The number of hydrogen-bond acceptors (Lipinski definition) is 5. The van der Waals surface area contributed by atoms with Crippen molar-refractivity contribution in [1.29, 1.82) is 0 Å². The van der Waals surface area contributed by atoms with Crippen LogP contribution in [0.5, 0.6) is 0 Å². The smallest absolute Gasteiger partial charge is 0.259 e. The Labute approximate surface area is 116 Å². The maximum absolute atomic E-state index is 12.1. The summed E-state index contributed by atoms with van der Waals surface area (Å²) in [6, 6.07) is 1.66. The molecule has 0 unspecified atom stereocenters. The van der Waals surface area contributed by atoms with Crippen LogP contribution in [0.2, 0.25) is 0 Å². The predicted octanol–water partition coefficient (Wildman–Crippen LogP) is 1.07. The van der Waals surface area contributed by atoms with Gasteiger partial charge in [0.2, 0.25) is 0 Å². The SMILES string of the molecule is COCCn1cc(NC(=O)c2cnc(C)cc2N)cn1. The summed E-state index contributed by atoms with van der Waals surface area (Å²) in [5.74, 6) is -0.304. The van der Waals surface area contributed by atoms with Crippen LogP contribution in [0, 0.1) is 6.92 Å². The minimum atomic E-state index is -0.304. The highest BCUT2D eigenvalue weighted by atomic mass is 16.5. The van der Waals surface area contributed by atoms with E-state index in [1.165, 1.54) is 6.20 Å². The molecule has 2 heterocycles. The molecule has 7 nitrogen and oxygen atoms in total. The lowest BCUT2D eigenvalue weighted by Crippen LogP contribution is -2.14. The van der Waals surface area contributed by atoms with Crippen molar-refractivity contribution in [2.45, 2.75) is 13.5 Å². The number of nitrogen functional groups attached to an aromatic ring is 1. The molecular weight excluding hydrogens is 258 g/mol. The third-order valence-corrected chi connectivity index (χ3v) is 2.73. The van der Waals surface area contributed by atoms with E-state index < -0.39 is 0 Å². The predicted molar refractivity (Wildman–Crippen MR) is 75.4 cm³/mol. The molecule has 0 saturated carbocycles. The number of anilines is 2. The first kappa shape index (κ1) is 14.0. The number of methoxy groups -OCH3 is 1. The van der Waals surface area contributed by atoms with Crippen LogP contribution in [-0.4, -0.2) is 34.4 Å². The number of pyridine rings is 1. The van der Waals surface area contributed by atoms with E-state index in [0.717, 1.165) is 5.69 Å². The third kappa shape index (κ3) is 3.33. The van der Waals surface area contributed by atoms with Crippen LogP contribution < -0.4 is 11.1 Å². The van der Waals surface area contributed by atoms with Gasteiger partial charge in [-0.3, -0.25) is 14.5 Å². The fourth-order valence-corrected chi connectivity index (χ4v) is 1.70. The number of carbonyl (C=O) groups excluding carboxylic acids is 1. The molecule has 7 heteroatoms. The minimum Gasteiger partial charge on any atom is -0.398 e. The van der Waals surface area contributed by atoms with Gasteiger partial charge in [0.15, 0.2) is 0 Å². The molecule has 0 fully saturated rings. The van der Waals surface area contributed by atoms with E-state index in [4.69, 9.17) is 10.5 Å². The molecule has 0 aromatic carbocycles. The highest BCUT2D eigenvalue weighted by Gasteiger charge is 2.11. The largest absolute Gasteiger partial charge is 0.398 e. The Morgan fingerprint density at radius 1 is 1.50 bits per heavy atom. The number of nitrogens with two attached hydrogens (primary N) is 1. The average Bonchev–Trinajstić information content (AvgIpc) is 2.83. The van der Waals surface area contributed by atoms with Gasteiger partial charge in [-0.1, -0.05) is 0 Å². The van der Waals surface area contributed by atoms with E-state index in [1.807, 2.05) is 6.92 Å². The molecule has 2 aromatic rings. The molecule has 20 heavy (non-hydrogen) atoms. The van der Waals surface area contributed by atoms with Crippen LogP contribution in [0.4, 0.5) is 11.4 Å². The van der Waals surface area contributed by atoms with Gasteiger partial charge in [0.1, 0.15) is 0 Å². The van der Waals surface area contributed by atoms with Crippen LogP contribution in [0.3, 0.4) is 0 Å². The zero-order valence-electron chi connectivity index (χ0n) is 11.5. The summed E-state index contributed by atoms with van der Waals surface area (Å²) in [5, 5.41) is 6.84. The fraction of sp³-hybridized carbons (Fsp3) is 0.308. The van der Waals surface area contributed by atoms with Gasteiger partial charge in [-0.15, -0.1) is 0 Å². The number of carbonyl (C=O) groups is 1. The lowest BCUT2D eigenvalue weighted by Gasteiger charge is -2.05. The van der Waals surface area contributed by atoms with Crippen LogP contribution in [0.25, 0.3) is 0 Å². The van der Waals surface area contributed by atoms with Crippen LogP contribution in [0.15, 0.2) is 24.7 Å². The molecule has 0 bridgehead atoms. The Morgan fingerprint density at radius 2 is 2.30 bits per heavy atom. The van der Waals surface area contributed by atoms with E-state index in [1.54, 1.807) is 30.3 Å². The molecule has 0 saturated heterocycles. The van der Waals surface area contributed by atoms with Gasteiger partial charge >= 0.3 is 0 Å². The average molecular weight is 275 g/mol. The Balaban J connectivity index is 2.05. The minimum absolute atomic E-state index is 0.304. The van der Waals surface area contributed by atoms with E-state index in [9.17, 15) is 4.79 Å². The zero-order valence-corrected chi connectivity index (χ0v) is 11.5. The molecule has 106 valence electrons. The van der Waals surface area contributed by atoms with Crippen LogP contribution >= 0.6 is 0 Å². The van der Waals surface area contributed by atoms with E-state index in [2.05, 4.69) is 15.4 Å². The normalized spacial score (nSPS) is 10.5. The molecule has 2 aromatic heterocycles. The van der Waals surface area contributed by atoms with Gasteiger partial charge in [0.25, 0.3) is 5.91 Å². The molecular formula is C13H17N5O2. The summed E-state index contributed by atoms with van der Waals surface area (Å²) >= 11 is 0. The fourth-order valence-electron chi connectivity index (χ4n) is 1.70. The first-order chi connectivity index (χ1) is 9.60. The number of nitrogens with one attached hydrogen (secondary N) is 1. The van der Waals surface area contributed by atoms with Crippen LogP contribution in [-0.2, 0) is 11.3 Å². The monoisotopic (exact) mass is 275 g/mol. The van der Waals surface area contributed by atoms with Crippen molar-refractivity contribution in [2.75, 3.05) is 24.8 Å².